The lowest BCUT2D eigenvalue weighted by atomic mass is 10.1. The molecule has 9 heteroatoms. The maximum atomic E-state index is 13.6. The number of hydrogen-bond acceptors (Lipinski definition) is 6. The van der Waals surface area contributed by atoms with Crippen LogP contribution < -0.4 is 5.43 Å². The summed E-state index contributed by atoms with van der Waals surface area (Å²) in [6, 6.07) is 7.85. The normalized spacial score (nSPS) is 19.4. The molecule has 1 N–H and O–H groups in total. The first-order valence-electron chi connectivity index (χ1n) is 9.25. The molecule has 1 aromatic heterocycles. The molecule has 0 amide bonds. The molecule has 3 heterocycles. The number of sulfonamides is 1. The zero-order chi connectivity index (χ0) is 19.6. The lowest BCUT2D eigenvalue weighted by Crippen LogP contribution is -2.35. The van der Waals surface area contributed by atoms with Crippen LogP contribution in [0.15, 0.2) is 51.4 Å². The fraction of sp³-hybridized carbons (Fsp3) is 0.368. The zero-order valence-electron chi connectivity index (χ0n) is 15.3. The van der Waals surface area contributed by atoms with Crippen LogP contribution in [-0.4, -0.2) is 42.3 Å². The van der Waals surface area contributed by atoms with Gasteiger partial charge in [0.05, 0.1) is 5.71 Å². The van der Waals surface area contributed by atoms with Crippen LogP contribution in [0.3, 0.4) is 0 Å². The van der Waals surface area contributed by atoms with Crippen molar-refractivity contribution in [3.63, 3.8) is 0 Å². The highest BCUT2D eigenvalue weighted by atomic mass is 32.2. The number of thioether (sulfide) groups is 1. The molecule has 0 spiro atoms. The summed E-state index contributed by atoms with van der Waals surface area (Å²) in [6.07, 6.45) is 4.93. The van der Waals surface area contributed by atoms with E-state index in [1.165, 1.54) is 22.6 Å². The Morgan fingerprint density at radius 3 is 2.71 bits per heavy atom. The van der Waals surface area contributed by atoms with Crippen LogP contribution in [0.2, 0.25) is 0 Å². The van der Waals surface area contributed by atoms with E-state index in [9.17, 15) is 12.8 Å². The van der Waals surface area contributed by atoms with Gasteiger partial charge in [-0.15, -0.1) is 11.8 Å². The van der Waals surface area contributed by atoms with Crippen LogP contribution in [0.1, 0.15) is 31.2 Å². The van der Waals surface area contributed by atoms with Crippen molar-refractivity contribution < 1.29 is 12.8 Å². The van der Waals surface area contributed by atoms with Crippen molar-refractivity contribution in [2.75, 3.05) is 24.3 Å². The number of benzene rings is 1. The summed E-state index contributed by atoms with van der Waals surface area (Å²) in [6.45, 7) is 1.12. The molecule has 1 aromatic carbocycles. The van der Waals surface area contributed by atoms with E-state index in [0.29, 0.717) is 18.9 Å². The Kier molecular flexibility index (Phi) is 5.65. The van der Waals surface area contributed by atoms with E-state index in [-0.39, 0.29) is 10.7 Å². The van der Waals surface area contributed by atoms with Gasteiger partial charge in [0.1, 0.15) is 16.5 Å². The minimum atomic E-state index is -3.50. The van der Waals surface area contributed by atoms with Gasteiger partial charge in [-0.2, -0.15) is 9.41 Å². The summed E-state index contributed by atoms with van der Waals surface area (Å²) >= 11 is 1.68. The van der Waals surface area contributed by atoms with Crippen LogP contribution in [0, 0.1) is 5.82 Å². The number of rotatable bonds is 4. The molecule has 0 saturated carbocycles. The SMILES string of the molecule is O=S(=O)(c1ccc(N/N=C2\CCSc3ccc(F)cc32)nc1)N1CCCCC1. The van der Waals surface area contributed by atoms with Crippen molar-refractivity contribution in [2.24, 2.45) is 5.10 Å². The molecule has 0 unspecified atom stereocenters. The molecule has 6 nitrogen and oxygen atoms in total. The van der Waals surface area contributed by atoms with E-state index in [0.717, 1.165) is 47.6 Å². The average molecular weight is 421 g/mol. The van der Waals surface area contributed by atoms with Gasteiger partial charge in [-0.25, -0.2) is 17.8 Å². The molecule has 4 rings (SSSR count). The monoisotopic (exact) mass is 420 g/mol. The summed E-state index contributed by atoms with van der Waals surface area (Å²) in [5.41, 5.74) is 4.42. The quantitative estimate of drug-likeness (QED) is 0.764. The van der Waals surface area contributed by atoms with E-state index >= 15 is 0 Å². The molecule has 0 aliphatic carbocycles. The number of hydrazone groups is 1. The van der Waals surface area contributed by atoms with Crippen molar-refractivity contribution >= 4 is 33.3 Å². The Labute approximate surface area is 168 Å². The second-order valence-electron chi connectivity index (χ2n) is 6.75. The molecule has 0 bridgehead atoms. The molecule has 0 radical (unpaired) electrons. The predicted octanol–water partition coefficient (Wildman–Crippen LogP) is 3.71. The average Bonchev–Trinajstić information content (AvgIpc) is 2.73. The van der Waals surface area contributed by atoms with Gasteiger partial charge in [-0.3, -0.25) is 5.43 Å². The highest BCUT2D eigenvalue weighted by Crippen LogP contribution is 2.31. The molecule has 1 saturated heterocycles. The first kappa shape index (κ1) is 19.4. The number of fused-ring (bicyclic) bond motifs is 1. The van der Waals surface area contributed by atoms with Crippen LogP contribution >= 0.6 is 11.8 Å². The summed E-state index contributed by atoms with van der Waals surface area (Å²) in [5, 5.41) is 4.38. The molecule has 148 valence electrons. The lowest BCUT2D eigenvalue weighted by molar-refractivity contribution is 0.346. The number of nitrogens with one attached hydrogen (secondary N) is 1. The number of anilines is 1. The van der Waals surface area contributed by atoms with Crippen molar-refractivity contribution in [3.05, 3.63) is 47.9 Å². The molecule has 2 aromatic rings. The summed E-state index contributed by atoms with van der Waals surface area (Å²) in [4.78, 5) is 5.39. The van der Waals surface area contributed by atoms with Gasteiger partial charge < -0.3 is 0 Å². The van der Waals surface area contributed by atoms with Gasteiger partial charge in [0, 0.05) is 41.9 Å². The van der Waals surface area contributed by atoms with E-state index in [2.05, 4.69) is 15.5 Å². The second kappa shape index (κ2) is 8.18. The molecule has 2 aliphatic heterocycles. The van der Waals surface area contributed by atoms with Gasteiger partial charge in [-0.05, 0) is 43.2 Å². The number of hydrogen-bond donors (Lipinski definition) is 1. The topological polar surface area (TPSA) is 74.7 Å². The second-order valence-corrected chi connectivity index (χ2v) is 9.83. The Morgan fingerprint density at radius 2 is 1.96 bits per heavy atom. The molecule has 0 atom stereocenters. The van der Waals surface area contributed by atoms with Crippen molar-refractivity contribution in [2.45, 2.75) is 35.5 Å². The minimum absolute atomic E-state index is 0.189. The maximum absolute atomic E-state index is 13.6. The fourth-order valence-electron chi connectivity index (χ4n) is 3.34. The van der Waals surface area contributed by atoms with E-state index in [1.807, 2.05) is 0 Å². The van der Waals surface area contributed by atoms with Crippen molar-refractivity contribution in [1.82, 2.24) is 9.29 Å². The Balaban J connectivity index is 1.50. The summed E-state index contributed by atoms with van der Waals surface area (Å²) in [7, 11) is -3.50. The van der Waals surface area contributed by atoms with Gasteiger partial charge in [-0.1, -0.05) is 6.42 Å². The Bertz CT molecular complexity index is 987. The molecular formula is C19H21FN4O2S2. The van der Waals surface area contributed by atoms with Crippen LogP contribution in [0.4, 0.5) is 10.2 Å². The predicted molar refractivity (Wildman–Crippen MR) is 109 cm³/mol. The van der Waals surface area contributed by atoms with Crippen molar-refractivity contribution in [3.8, 4) is 0 Å². The molecule has 1 fully saturated rings. The number of piperidine rings is 1. The first-order valence-corrected chi connectivity index (χ1v) is 11.7. The maximum Gasteiger partial charge on any atom is 0.244 e. The standard InChI is InChI=1S/C19H21FN4O2S2/c20-14-4-6-18-16(12-14)17(8-11-27-18)22-23-19-7-5-15(13-21-19)28(25,26)24-9-2-1-3-10-24/h4-7,12-13H,1-3,8-11H2,(H,21,23)/b22-17+. The number of halogens is 1. The Morgan fingerprint density at radius 1 is 1.14 bits per heavy atom. The van der Waals surface area contributed by atoms with Gasteiger partial charge >= 0.3 is 0 Å². The Hall–Kier alpha value is -1.97. The third-order valence-corrected chi connectivity index (χ3v) is 7.80. The van der Waals surface area contributed by atoms with Crippen LogP contribution in [-0.2, 0) is 10.0 Å². The fourth-order valence-corrected chi connectivity index (χ4v) is 5.81. The molecule has 2 aliphatic rings. The van der Waals surface area contributed by atoms with Crippen LogP contribution in [0.25, 0.3) is 0 Å². The highest BCUT2D eigenvalue weighted by molar-refractivity contribution is 7.99. The van der Waals surface area contributed by atoms with Gasteiger partial charge in [0.15, 0.2) is 0 Å². The van der Waals surface area contributed by atoms with E-state index < -0.39 is 10.0 Å². The number of aromatic nitrogens is 1. The highest BCUT2D eigenvalue weighted by Gasteiger charge is 2.26. The third-order valence-electron chi connectivity index (χ3n) is 4.84. The van der Waals surface area contributed by atoms with Gasteiger partial charge in [0.25, 0.3) is 0 Å². The van der Waals surface area contributed by atoms with Crippen LogP contribution in [0.5, 0.6) is 0 Å². The smallest absolute Gasteiger partial charge is 0.244 e. The lowest BCUT2D eigenvalue weighted by Gasteiger charge is -2.25. The molecule has 28 heavy (non-hydrogen) atoms. The zero-order valence-corrected chi connectivity index (χ0v) is 16.9. The van der Waals surface area contributed by atoms with E-state index in [4.69, 9.17) is 0 Å². The third kappa shape index (κ3) is 4.06. The summed E-state index contributed by atoms with van der Waals surface area (Å²) in [5.74, 6) is 1.03. The first-order chi connectivity index (χ1) is 13.5. The summed E-state index contributed by atoms with van der Waals surface area (Å²) < 4.78 is 40.4. The van der Waals surface area contributed by atoms with Crippen molar-refractivity contribution in [1.29, 1.82) is 0 Å². The van der Waals surface area contributed by atoms with E-state index in [1.54, 1.807) is 30.0 Å². The minimum Gasteiger partial charge on any atom is -0.261 e. The molecular weight excluding hydrogens is 399 g/mol. The largest absolute Gasteiger partial charge is 0.261 e. The number of pyridine rings is 1. The van der Waals surface area contributed by atoms with Gasteiger partial charge in [0.2, 0.25) is 10.0 Å². The number of nitrogens with zero attached hydrogens (tertiary/aromatic N) is 3.